The van der Waals surface area contributed by atoms with Crippen molar-refractivity contribution >= 4 is 12.4 Å². The number of hydrogen-bond acceptors (Lipinski definition) is 2. The Kier molecular flexibility index (Phi) is 7.26. The Labute approximate surface area is 162 Å². The monoisotopic (exact) mass is 367 g/mol. The highest BCUT2D eigenvalue weighted by Gasteiger charge is 2.10. The van der Waals surface area contributed by atoms with E-state index in [0.29, 0.717) is 19.1 Å². The zero-order chi connectivity index (χ0) is 17.6. The Hall–Kier alpha value is -2.29. The molecule has 0 atom stereocenters. The molecule has 3 heteroatoms. The van der Waals surface area contributed by atoms with E-state index in [0.717, 1.165) is 22.4 Å². The molecule has 0 bridgehead atoms. The van der Waals surface area contributed by atoms with Crippen LogP contribution in [-0.4, -0.2) is 0 Å². The van der Waals surface area contributed by atoms with Gasteiger partial charge in [-0.2, -0.15) is 0 Å². The van der Waals surface area contributed by atoms with Gasteiger partial charge >= 0.3 is 0 Å². The summed E-state index contributed by atoms with van der Waals surface area (Å²) in [5, 5.41) is 0. The molecule has 0 aliphatic rings. The summed E-state index contributed by atoms with van der Waals surface area (Å²) < 4.78 is 6.16. The van der Waals surface area contributed by atoms with E-state index in [1.54, 1.807) is 0 Å². The third-order valence-corrected chi connectivity index (χ3v) is 4.38. The van der Waals surface area contributed by atoms with Crippen LogP contribution in [0.25, 0.3) is 11.1 Å². The molecule has 0 saturated carbocycles. The van der Waals surface area contributed by atoms with Gasteiger partial charge in [0.25, 0.3) is 0 Å². The Morgan fingerprint density at radius 1 is 0.846 bits per heavy atom. The molecule has 0 heterocycles. The lowest BCUT2D eigenvalue weighted by Crippen LogP contribution is -2.01. The molecule has 0 amide bonds. The topological polar surface area (TPSA) is 35.2 Å². The first-order valence-corrected chi connectivity index (χ1v) is 8.77. The molecule has 2 N–H and O–H groups in total. The number of nitrogens with two attached hydrogens (primary N) is 1. The smallest absolute Gasteiger partial charge is 0.127 e. The number of benzene rings is 3. The summed E-state index contributed by atoms with van der Waals surface area (Å²) in [7, 11) is 0. The predicted molar refractivity (Wildman–Crippen MR) is 112 cm³/mol. The molecule has 0 radical (unpaired) electrons. The van der Waals surface area contributed by atoms with Gasteiger partial charge in [0.15, 0.2) is 0 Å². The average molecular weight is 368 g/mol. The quantitative estimate of drug-likeness (QED) is 0.585. The fourth-order valence-corrected chi connectivity index (χ4v) is 2.85. The Balaban J connectivity index is 0.00000243. The van der Waals surface area contributed by atoms with Crippen LogP contribution in [0.15, 0.2) is 72.8 Å². The summed E-state index contributed by atoms with van der Waals surface area (Å²) in [5.41, 5.74) is 11.7. The summed E-state index contributed by atoms with van der Waals surface area (Å²) in [5.74, 6) is 1.38. The maximum absolute atomic E-state index is 6.16. The molecule has 0 fully saturated rings. The zero-order valence-electron chi connectivity index (χ0n) is 15.3. The number of halogens is 1. The lowest BCUT2D eigenvalue weighted by Gasteiger charge is -2.15. The third-order valence-electron chi connectivity index (χ3n) is 4.38. The van der Waals surface area contributed by atoms with E-state index in [2.05, 4.69) is 68.4 Å². The highest BCUT2D eigenvalue weighted by atomic mass is 35.5. The van der Waals surface area contributed by atoms with Gasteiger partial charge in [-0.1, -0.05) is 80.6 Å². The largest absolute Gasteiger partial charge is 0.488 e. The first kappa shape index (κ1) is 20.0. The van der Waals surface area contributed by atoms with Crippen LogP contribution < -0.4 is 10.5 Å². The zero-order valence-corrected chi connectivity index (χ0v) is 16.1. The average Bonchev–Trinajstić information content (AvgIpc) is 2.67. The van der Waals surface area contributed by atoms with Crippen molar-refractivity contribution in [3.63, 3.8) is 0 Å². The second-order valence-corrected chi connectivity index (χ2v) is 6.59. The van der Waals surface area contributed by atoms with Crippen molar-refractivity contribution in [2.24, 2.45) is 5.73 Å². The molecule has 136 valence electrons. The third kappa shape index (κ3) is 4.87. The van der Waals surface area contributed by atoms with Gasteiger partial charge < -0.3 is 10.5 Å². The summed E-state index contributed by atoms with van der Waals surface area (Å²) in [6.07, 6.45) is 0. The lowest BCUT2D eigenvalue weighted by molar-refractivity contribution is 0.307. The summed E-state index contributed by atoms with van der Waals surface area (Å²) in [6.45, 7) is 5.48. The normalized spacial score (nSPS) is 10.5. The van der Waals surface area contributed by atoms with Gasteiger partial charge in [0, 0.05) is 12.1 Å². The SMILES string of the molecule is CC(C)c1cccc(-c2ccc(CN)cc2OCc2ccccc2)c1.Cl. The van der Waals surface area contributed by atoms with Crippen molar-refractivity contribution in [3.05, 3.63) is 89.5 Å². The van der Waals surface area contributed by atoms with E-state index in [4.69, 9.17) is 10.5 Å². The number of hydrogen-bond donors (Lipinski definition) is 1. The van der Waals surface area contributed by atoms with Crippen LogP contribution >= 0.6 is 12.4 Å². The predicted octanol–water partition coefficient (Wildman–Crippen LogP) is 5.94. The van der Waals surface area contributed by atoms with Crippen LogP contribution in [0.3, 0.4) is 0 Å². The lowest BCUT2D eigenvalue weighted by atomic mass is 9.96. The molecular weight excluding hydrogens is 342 g/mol. The van der Waals surface area contributed by atoms with Crippen LogP contribution in [0.4, 0.5) is 0 Å². The minimum atomic E-state index is 0. The van der Waals surface area contributed by atoms with Crippen molar-refractivity contribution in [2.75, 3.05) is 0 Å². The molecule has 0 aliphatic carbocycles. The van der Waals surface area contributed by atoms with Gasteiger partial charge in [0.05, 0.1) is 0 Å². The van der Waals surface area contributed by atoms with E-state index in [9.17, 15) is 0 Å². The molecule has 0 saturated heterocycles. The molecule has 0 aromatic heterocycles. The van der Waals surface area contributed by atoms with Crippen LogP contribution in [0.5, 0.6) is 5.75 Å². The van der Waals surface area contributed by atoms with Crippen molar-refractivity contribution in [3.8, 4) is 16.9 Å². The molecule has 26 heavy (non-hydrogen) atoms. The fourth-order valence-electron chi connectivity index (χ4n) is 2.85. The maximum Gasteiger partial charge on any atom is 0.127 e. The van der Waals surface area contributed by atoms with Crippen molar-refractivity contribution in [1.29, 1.82) is 0 Å². The van der Waals surface area contributed by atoms with E-state index in [1.165, 1.54) is 11.1 Å². The molecule has 2 nitrogen and oxygen atoms in total. The summed E-state index contributed by atoms with van der Waals surface area (Å²) in [6, 6.07) is 25.1. The van der Waals surface area contributed by atoms with E-state index in [1.807, 2.05) is 18.2 Å². The van der Waals surface area contributed by atoms with Crippen molar-refractivity contribution in [1.82, 2.24) is 0 Å². The van der Waals surface area contributed by atoms with Gasteiger partial charge in [0.2, 0.25) is 0 Å². The Bertz CT molecular complexity index is 831. The highest BCUT2D eigenvalue weighted by molar-refractivity contribution is 5.85. The van der Waals surface area contributed by atoms with Gasteiger partial charge in [-0.05, 0) is 34.2 Å². The fraction of sp³-hybridized carbons (Fsp3) is 0.217. The molecule has 3 aromatic rings. The van der Waals surface area contributed by atoms with Crippen molar-refractivity contribution in [2.45, 2.75) is 32.9 Å². The molecule has 0 spiro atoms. The standard InChI is InChI=1S/C23H25NO.ClH/c1-17(2)20-9-6-10-21(14-20)22-12-11-19(15-24)13-23(22)25-16-18-7-4-3-5-8-18;/h3-14,17H,15-16,24H2,1-2H3;1H. The van der Waals surface area contributed by atoms with Crippen LogP contribution in [-0.2, 0) is 13.2 Å². The molecule has 3 aromatic carbocycles. The summed E-state index contributed by atoms with van der Waals surface area (Å²) in [4.78, 5) is 0. The second-order valence-electron chi connectivity index (χ2n) is 6.59. The van der Waals surface area contributed by atoms with Gasteiger partial charge in [0.1, 0.15) is 12.4 Å². The first-order valence-electron chi connectivity index (χ1n) is 8.77. The van der Waals surface area contributed by atoms with Crippen molar-refractivity contribution < 1.29 is 4.74 Å². The van der Waals surface area contributed by atoms with E-state index < -0.39 is 0 Å². The van der Waals surface area contributed by atoms with Crippen LogP contribution in [0.1, 0.15) is 36.5 Å². The first-order chi connectivity index (χ1) is 12.2. The minimum Gasteiger partial charge on any atom is -0.488 e. The second kappa shape index (κ2) is 9.42. The van der Waals surface area contributed by atoms with Gasteiger partial charge in [-0.3, -0.25) is 0 Å². The minimum absolute atomic E-state index is 0. The van der Waals surface area contributed by atoms with Crippen LogP contribution in [0, 0.1) is 0 Å². The number of rotatable bonds is 6. The molecule has 3 rings (SSSR count). The summed E-state index contributed by atoms with van der Waals surface area (Å²) >= 11 is 0. The van der Waals surface area contributed by atoms with Gasteiger partial charge in [-0.15, -0.1) is 12.4 Å². The Morgan fingerprint density at radius 2 is 1.62 bits per heavy atom. The van der Waals surface area contributed by atoms with Gasteiger partial charge in [-0.25, -0.2) is 0 Å². The maximum atomic E-state index is 6.16. The van der Waals surface area contributed by atoms with Crippen LogP contribution in [0.2, 0.25) is 0 Å². The highest BCUT2D eigenvalue weighted by Crippen LogP contribution is 2.33. The Morgan fingerprint density at radius 3 is 2.31 bits per heavy atom. The molecule has 0 unspecified atom stereocenters. The number of ether oxygens (including phenoxy) is 1. The van der Waals surface area contributed by atoms with E-state index in [-0.39, 0.29) is 12.4 Å². The molecular formula is C23H26ClNO. The van der Waals surface area contributed by atoms with E-state index >= 15 is 0 Å². The molecule has 0 aliphatic heterocycles.